The molecule has 1 heterocycles. The number of fused-ring (bicyclic) bond motifs is 1. The Morgan fingerprint density at radius 3 is 2.73 bits per heavy atom. The predicted molar refractivity (Wildman–Crippen MR) is 105 cm³/mol. The van der Waals surface area contributed by atoms with Crippen LogP contribution in [0.2, 0.25) is 0 Å². The summed E-state index contributed by atoms with van der Waals surface area (Å²) in [5, 5.41) is 7.79. The van der Waals surface area contributed by atoms with Gasteiger partial charge in [-0.15, -0.1) is 8.78 Å². The van der Waals surface area contributed by atoms with Crippen molar-refractivity contribution in [3.63, 3.8) is 0 Å². The van der Waals surface area contributed by atoms with E-state index in [0.717, 1.165) is 10.6 Å². The van der Waals surface area contributed by atoms with E-state index in [0.29, 0.717) is 22.5 Å². The molecule has 1 aliphatic heterocycles. The van der Waals surface area contributed by atoms with Gasteiger partial charge in [-0.25, -0.2) is 9.80 Å². The molecule has 0 aromatic heterocycles. The van der Waals surface area contributed by atoms with Gasteiger partial charge in [0.25, 0.3) is 0 Å². The summed E-state index contributed by atoms with van der Waals surface area (Å²) in [5.74, 6) is 5.05. The Balaban J connectivity index is 1.75. The van der Waals surface area contributed by atoms with E-state index in [2.05, 4.69) is 25.5 Å². The Hall–Kier alpha value is -3.44. The van der Waals surface area contributed by atoms with E-state index in [1.54, 1.807) is 31.2 Å². The van der Waals surface area contributed by atoms with E-state index >= 15 is 0 Å². The molecule has 0 fully saturated rings. The van der Waals surface area contributed by atoms with Crippen LogP contribution in [0.3, 0.4) is 0 Å². The van der Waals surface area contributed by atoms with Gasteiger partial charge in [-0.1, -0.05) is 23.4 Å². The highest BCUT2D eigenvalue weighted by molar-refractivity contribution is 6.01. The Bertz CT molecular complexity index is 983. The third-order valence-corrected chi connectivity index (χ3v) is 4.38. The van der Waals surface area contributed by atoms with Gasteiger partial charge < -0.3 is 19.6 Å². The molecular weight excluding hydrogens is 400 g/mol. The molecule has 1 aliphatic rings. The van der Waals surface area contributed by atoms with Gasteiger partial charge in [0.05, 0.1) is 5.71 Å². The second-order valence-corrected chi connectivity index (χ2v) is 6.47. The Morgan fingerprint density at radius 2 is 2.00 bits per heavy atom. The Morgan fingerprint density at radius 1 is 1.27 bits per heavy atom. The normalized spacial score (nSPS) is 14.4. The van der Waals surface area contributed by atoms with Crippen LogP contribution in [0, 0.1) is 6.92 Å². The first-order valence-electron chi connectivity index (χ1n) is 8.87. The lowest BCUT2D eigenvalue weighted by molar-refractivity contribution is -0.286. The number of alkyl halides is 2. The second kappa shape index (κ2) is 8.51. The first-order valence-corrected chi connectivity index (χ1v) is 8.87. The van der Waals surface area contributed by atoms with Gasteiger partial charge in [-0.05, 0) is 37.6 Å². The lowest BCUT2D eigenvalue weighted by Crippen LogP contribution is -2.46. The van der Waals surface area contributed by atoms with Gasteiger partial charge in [0.1, 0.15) is 6.61 Å². The maximum absolute atomic E-state index is 13.4. The fraction of sp³-hybridized carbons (Fsp3) is 0.263. The van der Waals surface area contributed by atoms with Crippen LogP contribution < -0.4 is 26.2 Å². The number of ether oxygens (including phenoxy) is 2. The molecule has 0 saturated carbocycles. The highest BCUT2D eigenvalue weighted by Crippen LogP contribution is 2.43. The number of hydrogen-bond donors (Lipinski definition) is 3. The fourth-order valence-electron chi connectivity index (χ4n) is 2.77. The summed E-state index contributed by atoms with van der Waals surface area (Å²) in [6.45, 7) is 3.48. The van der Waals surface area contributed by atoms with Gasteiger partial charge in [0.2, 0.25) is 0 Å². The molecule has 0 unspecified atom stereocenters. The van der Waals surface area contributed by atoms with Crippen molar-refractivity contribution in [1.82, 2.24) is 10.5 Å². The SMILES string of the molecule is CC(=NOCc1c(C)cccc1NC(=O)N(C)NN)c1cccc2c1OC(F)(F)O2. The van der Waals surface area contributed by atoms with Crippen LogP contribution in [0.4, 0.5) is 19.3 Å². The number of para-hydroxylation sites is 1. The molecule has 0 saturated heterocycles. The van der Waals surface area contributed by atoms with Crippen molar-refractivity contribution in [2.75, 3.05) is 12.4 Å². The molecule has 0 aliphatic carbocycles. The van der Waals surface area contributed by atoms with Crippen LogP contribution in [0.1, 0.15) is 23.6 Å². The minimum Gasteiger partial charge on any atom is -0.395 e. The lowest BCUT2D eigenvalue weighted by atomic mass is 10.1. The number of urea groups is 1. The first-order chi connectivity index (χ1) is 14.2. The van der Waals surface area contributed by atoms with Gasteiger partial charge in [0, 0.05) is 23.9 Å². The molecule has 0 bridgehead atoms. The minimum atomic E-state index is -3.72. The van der Waals surface area contributed by atoms with Crippen LogP contribution in [0.5, 0.6) is 11.5 Å². The van der Waals surface area contributed by atoms with E-state index < -0.39 is 12.3 Å². The van der Waals surface area contributed by atoms with Crippen molar-refractivity contribution < 1.29 is 27.9 Å². The molecule has 4 N–H and O–H groups in total. The number of amides is 2. The van der Waals surface area contributed by atoms with E-state index in [9.17, 15) is 13.6 Å². The van der Waals surface area contributed by atoms with Crippen molar-refractivity contribution in [2.24, 2.45) is 11.0 Å². The third-order valence-electron chi connectivity index (χ3n) is 4.38. The average molecular weight is 421 g/mol. The number of anilines is 1. The van der Waals surface area contributed by atoms with Crippen LogP contribution in [-0.4, -0.2) is 30.1 Å². The smallest absolute Gasteiger partial charge is 0.395 e. The average Bonchev–Trinajstić information content (AvgIpc) is 3.02. The number of halogens is 2. The monoisotopic (exact) mass is 421 g/mol. The number of hydrazine groups is 2. The number of carbonyl (C=O) groups excluding carboxylic acids is 1. The molecule has 0 spiro atoms. The molecule has 160 valence electrons. The molecule has 11 heteroatoms. The number of carbonyl (C=O) groups is 1. The number of nitrogens with one attached hydrogen (secondary N) is 2. The summed E-state index contributed by atoms with van der Waals surface area (Å²) in [6, 6.07) is 9.37. The number of hydrogen-bond acceptors (Lipinski definition) is 7. The molecule has 9 nitrogen and oxygen atoms in total. The number of oxime groups is 1. The van der Waals surface area contributed by atoms with Crippen molar-refractivity contribution >= 4 is 17.4 Å². The molecule has 0 radical (unpaired) electrons. The summed E-state index contributed by atoms with van der Waals surface area (Å²) in [5.41, 5.74) is 4.93. The van der Waals surface area contributed by atoms with Crippen molar-refractivity contribution in [1.29, 1.82) is 0 Å². The molecule has 30 heavy (non-hydrogen) atoms. The van der Waals surface area contributed by atoms with Crippen molar-refractivity contribution in [3.05, 3.63) is 53.1 Å². The van der Waals surface area contributed by atoms with Crippen LogP contribution in [-0.2, 0) is 11.4 Å². The zero-order valence-electron chi connectivity index (χ0n) is 16.5. The zero-order chi connectivity index (χ0) is 21.9. The zero-order valence-corrected chi connectivity index (χ0v) is 16.5. The largest absolute Gasteiger partial charge is 0.586 e. The van der Waals surface area contributed by atoms with Crippen molar-refractivity contribution in [2.45, 2.75) is 26.7 Å². The van der Waals surface area contributed by atoms with E-state index in [-0.39, 0.29) is 18.1 Å². The fourth-order valence-corrected chi connectivity index (χ4v) is 2.77. The molecule has 2 aromatic carbocycles. The van der Waals surface area contributed by atoms with E-state index in [1.807, 2.05) is 13.0 Å². The standard InChI is InChI=1S/C19H21F2N5O4/c1-11-6-4-8-15(23-18(27)26(3)25-22)14(11)10-28-24-12(2)13-7-5-9-16-17(13)30-19(20,21)29-16/h4-9,25H,10,22H2,1-3H3,(H,23,27). The number of nitrogens with zero attached hydrogens (tertiary/aromatic N) is 2. The predicted octanol–water partition coefficient (Wildman–Crippen LogP) is 3.10. The topological polar surface area (TPSA) is 110 Å². The summed E-state index contributed by atoms with van der Waals surface area (Å²) >= 11 is 0. The first kappa shape index (κ1) is 21.3. The third kappa shape index (κ3) is 4.58. The number of nitrogens with two attached hydrogens (primary N) is 1. The quantitative estimate of drug-likeness (QED) is 0.376. The van der Waals surface area contributed by atoms with Crippen LogP contribution in [0.25, 0.3) is 0 Å². The number of aryl methyl sites for hydroxylation is 1. The van der Waals surface area contributed by atoms with Gasteiger partial charge in [0.15, 0.2) is 11.5 Å². The molecular formula is C19H21F2N5O4. The molecule has 2 amide bonds. The van der Waals surface area contributed by atoms with E-state index in [4.69, 9.17) is 10.7 Å². The number of benzene rings is 2. The molecule has 0 atom stereocenters. The Kier molecular flexibility index (Phi) is 6.04. The highest BCUT2D eigenvalue weighted by atomic mass is 19.3. The van der Waals surface area contributed by atoms with E-state index in [1.165, 1.54) is 13.1 Å². The summed E-state index contributed by atoms with van der Waals surface area (Å²) in [4.78, 5) is 17.5. The lowest BCUT2D eigenvalue weighted by Gasteiger charge is -2.18. The highest BCUT2D eigenvalue weighted by Gasteiger charge is 2.44. The summed E-state index contributed by atoms with van der Waals surface area (Å²) in [7, 11) is 1.46. The Labute approximate surface area is 171 Å². The maximum atomic E-state index is 13.4. The second-order valence-electron chi connectivity index (χ2n) is 6.47. The van der Waals surface area contributed by atoms with Crippen LogP contribution in [0.15, 0.2) is 41.6 Å². The minimum absolute atomic E-state index is 0.0297. The van der Waals surface area contributed by atoms with Gasteiger partial charge in [-0.3, -0.25) is 5.84 Å². The molecule has 3 rings (SSSR count). The maximum Gasteiger partial charge on any atom is 0.586 e. The van der Waals surface area contributed by atoms with Crippen LogP contribution >= 0.6 is 0 Å². The summed E-state index contributed by atoms with van der Waals surface area (Å²) < 4.78 is 35.7. The molecule has 2 aromatic rings. The van der Waals surface area contributed by atoms with Gasteiger partial charge >= 0.3 is 12.3 Å². The number of rotatable bonds is 6. The van der Waals surface area contributed by atoms with Crippen molar-refractivity contribution in [3.8, 4) is 11.5 Å². The summed E-state index contributed by atoms with van der Waals surface area (Å²) in [6.07, 6.45) is -3.72. The van der Waals surface area contributed by atoms with Gasteiger partial charge in [-0.2, -0.15) is 5.53 Å².